The van der Waals surface area contributed by atoms with Crippen molar-refractivity contribution in [2.24, 2.45) is 0 Å². The molecular formula is C16H22BrF3N2. The number of nitrogens with zero attached hydrogens (tertiary/aromatic N) is 1. The molecule has 0 spiro atoms. The van der Waals surface area contributed by atoms with Gasteiger partial charge in [-0.25, -0.2) is 0 Å². The van der Waals surface area contributed by atoms with Gasteiger partial charge in [-0.2, -0.15) is 13.2 Å². The Kier molecular flexibility index (Phi) is 6.29. The molecule has 1 fully saturated rings. The van der Waals surface area contributed by atoms with Crippen LogP contribution >= 0.6 is 15.9 Å². The molecule has 0 aliphatic carbocycles. The highest BCUT2D eigenvalue weighted by Gasteiger charge is 2.32. The molecular weight excluding hydrogens is 357 g/mol. The number of benzene rings is 1. The van der Waals surface area contributed by atoms with Crippen molar-refractivity contribution in [1.29, 1.82) is 0 Å². The molecule has 1 aliphatic heterocycles. The Balaban J connectivity index is 1.72. The Morgan fingerprint density at radius 1 is 1.23 bits per heavy atom. The standard InChI is InChI=1S/C16H22BrF3N2/c1-12(10-13-2-4-14(17)5-3-13)21-15-6-8-22(9-7-15)11-16(18,19)20/h2-5,12,15,21H,6-11H2,1H3. The Morgan fingerprint density at radius 2 is 1.82 bits per heavy atom. The smallest absolute Gasteiger partial charge is 0.311 e. The average molecular weight is 379 g/mol. The first kappa shape index (κ1) is 17.8. The topological polar surface area (TPSA) is 15.3 Å². The van der Waals surface area contributed by atoms with Crippen LogP contribution in [0.15, 0.2) is 28.7 Å². The van der Waals surface area contributed by atoms with Gasteiger partial charge in [-0.3, -0.25) is 4.90 Å². The van der Waals surface area contributed by atoms with Gasteiger partial charge in [0.2, 0.25) is 0 Å². The summed E-state index contributed by atoms with van der Waals surface area (Å²) in [5.41, 5.74) is 1.26. The Hall–Kier alpha value is -0.590. The van der Waals surface area contributed by atoms with Crippen molar-refractivity contribution >= 4 is 15.9 Å². The summed E-state index contributed by atoms with van der Waals surface area (Å²) in [7, 11) is 0. The molecule has 1 N–H and O–H groups in total. The van der Waals surface area contributed by atoms with Crippen LogP contribution in [0.1, 0.15) is 25.3 Å². The van der Waals surface area contributed by atoms with Gasteiger partial charge >= 0.3 is 6.18 Å². The molecule has 1 aromatic carbocycles. The zero-order chi connectivity index (χ0) is 16.2. The second-order valence-corrected chi connectivity index (χ2v) is 6.98. The van der Waals surface area contributed by atoms with Crippen molar-refractivity contribution in [1.82, 2.24) is 10.2 Å². The Labute approximate surface area is 138 Å². The van der Waals surface area contributed by atoms with E-state index >= 15 is 0 Å². The monoisotopic (exact) mass is 378 g/mol. The summed E-state index contributed by atoms with van der Waals surface area (Å²) in [5.74, 6) is 0. The first-order chi connectivity index (χ1) is 10.3. The minimum absolute atomic E-state index is 0.315. The molecule has 22 heavy (non-hydrogen) atoms. The van der Waals surface area contributed by atoms with Crippen LogP contribution in [-0.4, -0.2) is 42.8 Å². The second kappa shape index (κ2) is 7.79. The van der Waals surface area contributed by atoms with Crippen LogP contribution in [0.5, 0.6) is 0 Å². The van der Waals surface area contributed by atoms with Crippen LogP contribution in [0.3, 0.4) is 0 Å². The summed E-state index contributed by atoms with van der Waals surface area (Å²) in [4.78, 5) is 1.50. The maximum atomic E-state index is 12.4. The highest BCUT2D eigenvalue weighted by atomic mass is 79.9. The third-order valence-corrected chi connectivity index (χ3v) is 4.49. The largest absolute Gasteiger partial charge is 0.401 e. The molecule has 6 heteroatoms. The predicted octanol–water partition coefficient (Wildman–Crippen LogP) is 4.00. The van der Waals surface area contributed by atoms with E-state index in [1.807, 2.05) is 12.1 Å². The van der Waals surface area contributed by atoms with Gasteiger partial charge in [0.15, 0.2) is 0 Å². The molecule has 0 saturated carbocycles. The van der Waals surface area contributed by atoms with Crippen molar-refractivity contribution in [2.75, 3.05) is 19.6 Å². The minimum Gasteiger partial charge on any atom is -0.311 e. The summed E-state index contributed by atoms with van der Waals surface area (Å²) < 4.78 is 38.1. The van der Waals surface area contributed by atoms with Crippen LogP contribution in [0.4, 0.5) is 13.2 Å². The lowest BCUT2D eigenvalue weighted by Gasteiger charge is -2.34. The number of nitrogens with one attached hydrogen (secondary N) is 1. The van der Waals surface area contributed by atoms with E-state index in [1.54, 1.807) is 0 Å². The minimum atomic E-state index is -4.09. The van der Waals surface area contributed by atoms with Crippen LogP contribution < -0.4 is 5.32 Å². The van der Waals surface area contributed by atoms with E-state index in [1.165, 1.54) is 10.5 Å². The summed E-state index contributed by atoms with van der Waals surface area (Å²) >= 11 is 3.42. The highest BCUT2D eigenvalue weighted by molar-refractivity contribution is 9.10. The predicted molar refractivity (Wildman–Crippen MR) is 86.0 cm³/mol. The molecule has 124 valence electrons. The molecule has 1 atom stereocenters. The molecule has 1 unspecified atom stereocenters. The first-order valence-electron chi connectivity index (χ1n) is 7.61. The molecule has 2 rings (SSSR count). The van der Waals surface area contributed by atoms with Crippen molar-refractivity contribution in [3.05, 3.63) is 34.3 Å². The molecule has 2 nitrogen and oxygen atoms in total. The average Bonchev–Trinajstić information content (AvgIpc) is 2.42. The quantitative estimate of drug-likeness (QED) is 0.832. The van der Waals surface area contributed by atoms with Crippen LogP contribution in [-0.2, 0) is 6.42 Å². The van der Waals surface area contributed by atoms with E-state index in [0.29, 0.717) is 25.2 Å². The van der Waals surface area contributed by atoms with Gasteiger partial charge < -0.3 is 5.32 Å². The normalized spacial score (nSPS) is 19.3. The van der Waals surface area contributed by atoms with Crippen molar-refractivity contribution in [3.8, 4) is 0 Å². The van der Waals surface area contributed by atoms with E-state index in [4.69, 9.17) is 0 Å². The molecule has 1 aromatic rings. The van der Waals surface area contributed by atoms with Gasteiger partial charge in [-0.15, -0.1) is 0 Å². The zero-order valence-corrected chi connectivity index (χ0v) is 14.3. The van der Waals surface area contributed by atoms with Crippen molar-refractivity contribution in [3.63, 3.8) is 0 Å². The van der Waals surface area contributed by atoms with E-state index in [9.17, 15) is 13.2 Å². The van der Waals surface area contributed by atoms with Gasteiger partial charge in [0, 0.05) is 16.6 Å². The third kappa shape index (κ3) is 6.26. The number of hydrogen-bond donors (Lipinski definition) is 1. The summed E-state index contributed by atoms with van der Waals surface area (Å²) in [5, 5.41) is 3.55. The first-order valence-corrected chi connectivity index (χ1v) is 8.41. The van der Waals surface area contributed by atoms with Gasteiger partial charge in [0.1, 0.15) is 0 Å². The van der Waals surface area contributed by atoms with Gasteiger partial charge in [0.05, 0.1) is 6.54 Å². The van der Waals surface area contributed by atoms with E-state index in [-0.39, 0.29) is 0 Å². The third-order valence-electron chi connectivity index (χ3n) is 3.97. The Bertz CT molecular complexity index is 453. The summed E-state index contributed by atoms with van der Waals surface area (Å²) in [6.07, 6.45) is -1.60. The summed E-state index contributed by atoms with van der Waals surface area (Å²) in [6.45, 7) is 2.38. The maximum absolute atomic E-state index is 12.4. The number of hydrogen-bond acceptors (Lipinski definition) is 2. The molecule has 1 aliphatic rings. The van der Waals surface area contributed by atoms with E-state index in [0.717, 1.165) is 23.7 Å². The number of alkyl halides is 3. The van der Waals surface area contributed by atoms with Gasteiger partial charge in [0.25, 0.3) is 0 Å². The van der Waals surface area contributed by atoms with Crippen LogP contribution in [0.25, 0.3) is 0 Å². The highest BCUT2D eigenvalue weighted by Crippen LogP contribution is 2.20. The number of likely N-dealkylation sites (tertiary alicyclic amines) is 1. The number of piperidine rings is 1. The van der Waals surface area contributed by atoms with E-state index in [2.05, 4.69) is 40.3 Å². The van der Waals surface area contributed by atoms with Gasteiger partial charge in [-0.1, -0.05) is 28.1 Å². The maximum Gasteiger partial charge on any atom is 0.401 e. The zero-order valence-electron chi connectivity index (χ0n) is 12.7. The molecule has 1 saturated heterocycles. The number of halogens is 4. The van der Waals surface area contributed by atoms with Crippen molar-refractivity contribution in [2.45, 2.75) is 44.4 Å². The van der Waals surface area contributed by atoms with Gasteiger partial charge in [-0.05, 0) is 57.0 Å². The number of rotatable bonds is 5. The lowest BCUT2D eigenvalue weighted by Crippen LogP contribution is -2.48. The fraction of sp³-hybridized carbons (Fsp3) is 0.625. The molecule has 0 radical (unpaired) electrons. The molecule has 1 heterocycles. The van der Waals surface area contributed by atoms with Crippen LogP contribution in [0, 0.1) is 0 Å². The van der Waals surface area contributed by atoms with Crippen molar-refractivity contribution < 1.29 is 13.2 Å². The summed E-state index contributed by atoms with van der Waals surface area (Å²) in [6, 6.07) is 8.87. The lowest BCUT2D eigenvalue weighted by molar-refractivity contribution is -0.148. The van der Waals surface area contributed by atoms with Crippen LogP contribution in [0.2, 0.25) is 0 Å². The Morgan fingerprint density at radius 3 is 2.36 bits per heavy atom. The molecule has 0 amide bonds. The molecule has 0 aromatic heterocycles. The fourth-order valence-electron chi connectivity index (χ4n) is 2.95. The lowest BCUT2D eigenvalue weighted by atomic mass is 10.0. The molecule has 0 bridgehead atoms. The SMILES string of the molecule is CC(Cc1ccc(Br)cc1)NC1CCN(CC(F)(F)F)CC1. The second-order valence-electron chi connectivity index (χ2n) is 6.06. The fourth-order valence-corrected chi connectivity index (χ4v) is 3.21. The van der Waals surface area contributed by atoms with E-state index < -0.39 is 12.7 Å².